The van der Waals surface area contributed by atoms with Crippen LogP contribution in [0.3, 0.4) is 0 Å². The number of carbonyl (C=O) groups excluding carboxylic acids is 1. The van der Waals surface area contributed by atoms with Gasteiger partial charge >= 0.3 is 0 Å². The Bertz CT molecular complexity index is 412. The summed E-state index contributed by atoms with van der Waals surface area (Å²) >= 11 is 3.52. The quantitative estimate of drug-likeness (QED) is 0.755. The third-order valence-corrected chi connectivity index (χ3v) is 3.59. The van der Waals surface area contributed by atoms with Crippen molar-refractivity contribution in [2.45, 2.75) is 25.9 Å². The molecule has 2 N–H and O–H groups in total. The molecule has 1 rings (SSSR count). The van der Waals surface area contributed by atoms with Gasteiger partial charge < -0.3 is 10.1 Å². The first-order valence-electron chi connectivity index (χ1n) is 6.33. The smallest absolute Gasteiger partial charge is 0.236 e. The number of hydrogen-bond donors (Lipinski definition) is 2. The maximum Gasteiger partial charge on any atom is 0.236 e. The molecule has 0 radical (unpaired) electrons. The van der Waals surface area contributed by atoms with E-state index in [-0.39, 0.29) is 18.0 Å². The lowest BCUT2D eigenvalue weighted by molar-refractivity contribution is -0.123. The van der Waals surface area contributed by atoms with Crippen molar-refractivity contribution in [3.05, 3.63) is 34.3 Å². The molecule has 1 aromatic carbocycles. The predicted octanol–water partition coefficient (Wildman–Crippen LogP) is 2.25. The van der Waals surface area contributed by atoms with Crippen molar-refractivity contribution in [2.24, 2.45) is 0 Å². The van der Waals surface area contributed by atoms with Crippen LogP contribution in [-0.4, -0.2) is 32.2 Å². The van der Waals surface area contributed by atoms with Crippen molar-refractivity contribution < 1.29 is 9.53 Å². The van der Waals surface area contributed by atoms with Crippen LogP contribution in [0, 0.1) is 0 Å². The monoisotopic (exact) mass is 328 g/mol. The molecule has 0 saturated carbocycles. The Morgan fingerprint density at radius 2 is 2.05 bits per heavy atom. The number of rotatable bonds is 7. The van der Waals surface area contributed by atoms with Gasteiger partial charge in [0.25, 0.3) is 0 Å². The molecule has 106 valence electrons. The lowest BCUT2D eigenvalue weighted by Gasteiger charge is -2.20. The van der Waals surface area contributed by atoms with Gasteiger partial charge in [-0.1, -0.05) is 34.1 Å². The molecule has 0 aliphatic carbocycles. The van der Waals surface area contributed by atoms with Gasteiger partial charge in [0.15, 0.2) is 0 Å². The second-order valence-corrected chi connectivity index (χ2v) is 5.27. The van der Waals surface area contributed by atoms with E-state index < -0.39 is 0 Å². The maximum absolute atomic E-state index is 11.8. The number of nitrogens with one attached hydrogen (secondary N) is 2. The molecule has 1 unspecified atom stereocenters. The highest BCUT2D eigenvalue weighted by Crippen LogP contribution is 2.22. The summed E-state index contributed by atoms with van der Waals surface area (Å²) in [5, 5.41) is 6.10. The fourth-order valence-corrected chi connectivity index (χ4v) is 2.42. The number of halogens is 1. The second-order valence-electron chi connectivity index (χ2n) is 4.42. The number of methoxy groups -OCH3 is 1. The van der Waals surface area contributed by atoms with Crippen LogP contribution in [0.5, 0.6) is 0 Å². The molecule has 5 heteroatoms. The summed E-state index contributed by atoms with van der Waals surface area (Å²) in [4.78, 5) is 11.8. The number of ether oxygens (including phenoxy) is 1. The summed E-state index contributed by atoms with van der Waals surface area (Å²) in [6, 6.07) is 7.84. The van der Waals surface area contributed by atoms with Crippen LogP contribution in [-0.2, 0) is 9.53 Å². The Labute approximate surface area is 123 Å². The highest BCUT2D eigenvalue weighted by atomic mass is 79.9. The highest BCUT2D eigenvalue weighted by molar-refractivity contribution is 9.10. The van der Waals surface area contributed by atoms with E-state index in [1.165, 1.54) is 0 Å². The van der Waals surface area contributed by atoms with Gasteiger partial charge in [0.05, 0.1) is 12.6 Å². The van der Waals surface area contributed by atoms with E-state index >= 15 is 0 Å². The van der Waals surface area contributed by atoms with E-state index in [9.17, 15) is 4.79 Å². The molecule has 0 aromatic heterocycles. The molecule has 0 fully saturated rings. The van der Waals surface area contributed by atoms with Crippen LogP contribution in [0.25, 0.3) is 0 Å². The standard InChI is InChI=1S/C14H21BrN2O2/c1-10(12-6-4-5-7-13(12)15)17-11(2)14(18)16-8-9-19-3/h4-7,10-11,17H,8-9H2,1-3H3,(H,16,18)/t10-,11?/m0/s1. The first kappa shape index (κ1) is 16.1. The molecule has 4 nitrogen and oxygen atoms in total. The summed E-state index contributed by atoms with van der Waals surface area (Å²) in [6.07, 6.45) is 0. The Kier molecular flexibility index (Phi) is 7.05. The third-order valence-electron chi connectivity index (χ3n) is 2.87. The van der Waals surface area contributed by atoms with Gasteiger partial charge in [-0.05, 0) is 25.5 Å². The minimum absolute atomic E-state index is 0.0176. The summed E-state index contributed by atoms with van der Waals surface area (Å²) in [7, 11) is 1.61. The molecule has 0 spiro atoms. The Balaban J connectivity index is 2.50. The molecule has 0 aliphatic rings. The van der Waals surface area contributed by atoms with Gasteiger partial charge in [0.2, 0.25) is 5.91 Å². The Morgan fingerprint density at radius 3 is 2.68 bits per heavy atom. The van der Waals surface area contributed by atoms with Crippen molar-refractivity contribution in [3.63, 3.8) is 0 Å². The maximum atomic E-state index is 11.8. The topological polar surface area (TPSA) is 50.4 Å². The molecule has 0 saturated heterocycles. The van der Waals surface area contributed by atoms with Crippen LogP contribution in [0.1, 0.15) is 25.5 Å². The van der Waals surface area contributed by atoms with Gasteiger partial charge in [0, 0.05) is 24.2 Å². The second kappa shape index (κ2) is 8.30. The number of carbonyl (C=O) groups is 1. The normalized spacial score (nSPS) is 13.9. The SMILES string of the molecule is COCCNC(=O)C(C)N[C@@H](C)c1ccccc1Br. The average Bonchev–Trinajstić information content (AvgIpc) is 2.39. The number of hydrogen-bond acceptors (Lipinski definition) is 3. The Hall–Kier alpha value is -0.910. The van der Waals surface area contributed by atoms with Gasteiger partial charge in [-0.2, -0.15) is 0 Å². The van der Waals surface area contributed by atoms with Crippen molar-refractivity contribution in [1.29, 1.82) is 0 Å². The van der Waals surface area contributed by atoms with E-state index in [1.54, 1.807) is 7.11 Å². The highest BCUT2D eigenvalue weighted by Gasteiger charge is 2.16. The van der Waals surface area contributed by atoms with Gasteiger partial charge in [0.1, 0.15) is 0 Å². The average molecular weight is 329 g/mol. The fraction of sp³-hybridized carbons (Fsp3) is 0.500. The van der Waals surface area contributed by atoms with E-state index in [4.69, 9.17) is 4.74 Å². The van der Waals surface area contributed by atoms with Gasteiger partial charge in [-0.3, -0.25) is 10.1 Å². The molecular weight excluding hydrogens is 308 g/mol. The molecule has 0 aliphatic heterocycles. The van der Waals surface area contributed by atoms with Crippen LogP contribution in [0.15, 0.2) is 28.7 Å². The van der Waals surface area contributed by atoms with E-state index in [2.05, 4.69) is 26.6 Å². The number of amides is 1. The van der Waals surface area contributed by atoms with Crippen LogP contribution in [0.4, 0.5) is 0 Å². The predicted molar refractivity (Wildman–Crippen MR) is 80.0 cm³/mol. The summed E-state index contributed by atoms with van der Waals surface area (Å²) in [5.74, 6) is -0.0176. The first-order valence-corrected chi connectivity index (χ1v) is 7.12. The van der Waals surface area contributed by atoms with Gasteiger partial charge in [-0.15, -0.1) is 0 Å². The van der Waals surface area contributed by atoms with E-state index in [0.717, 1.165) is 10.0 Å². The Morgan fingerprint density at radius 1 is 1.37 bits per heavy atom. The molecule has 1 amide bonds. The zero-order chi connectivity index (χ0) is 14.3. The fourth-order valence-electron chi connectivity index (χ4n) is 1.80. The van der Waals surface area contributed by atoms with Crippen molar-refractivity contribution in [1.82, 2.24) is 10.6 Å². The van der Waals surface area contributed by atoms with E-state index in [1.807, 2.05) is 38.1 Å². The molecular formula is C14H21BrN2O2. The summed E-state index contributed by atoms with van der Waals surface area (Å²) in [6.45, 7) is 4.96. The van der Waals surface area contributed by atoms with Crippen molar-refractivity contribution >= 4 is 21.8 Å². The van der Waals surface area contributed by atoms with Crippen LogP contribution < -0.4 is 10.6 Å². The largest absolute Gasteiger partial charge is 0.383 e. The lowest BCUT2D eigenvalue weighted by atomic mass is 10.1. The number of benzene rings is 1. The van der Waals surface area contributed by atoms with Crippen molar-refractivity contribution in [2.75, 3.05) is 20.3 Å². The zero-order valence-corrected chi connectivity index (χ0v) is 13.2. The van der Waals surface area contributed by atoms with Gasteiger partial charge in [-0.25, -0.2) is 0 Å². The minimum atomic E-state index is -0.251. The van der Waals surface area contributed by atoms with Crippen LogP contribution >= 0.6 is 15.9 Å². The molecule has 19 heavy (non-hydrogen) atoms. The molecule has 1 aromatic rings. The summed E-state index contributed by atoms with van der Waals surface area (Å²) < 4.78 is 5.94. The molecule has 0 heterocycles. The molecule has 0 bridgehead atoms. The van der Waals surface area contributed by atoms with Crippen molar-refractivity contribution in [3.8, 4) is 0 Å². The zero-order valence-electron chi connectivity index (χ0n) is 11.6. The molecule has 2 atom stereocenters. The van der Waals surface area contributed by atoms with Crippen LogP contribution in [0.2, 0.25) is 0 Å². The lowest BCUT2D eigenvalue weighted by Crippen LogP contribution is -2.44. The van der Waals surface area contributed by atoms with E-state index in [0.29, 0.717) is 13.2 Å². The summed E-state index contributed by atoms with van der Waals surface area (Å²) in [5.41, 5.74) is 1.14. The third kappa shape index (κ3) is 5.30. The minimum Gasteiger partial charge on any atom is -0.383 e. The first-order chi connectivity index (χ1) is 9.06.